The maximum atomic E-state index is 13.4. The minimum atomic E-state index is -0.538. The molecule has 2 aliphatic heterocycles. The lowest BCUT2D eigenvalue weighted by Gasteiger charge is -2.12. The van der Waals surface area contributed by atoms with E-state index in [4.69, 9.17) is 4.74 Å². The molecule has 0 spiro atoms. The number of hydrogen-bond donors (Lipinski definition) is 2. The second-order valence-corrected chi connectivity index (χ2v) is 10.2. The number of fused-ring (bicyclic) bond motifs is 2. The van der Waals surface area contributed by atoms with Gasteiger partial charge in [-0.25, -0.2) is 9.97 Å². The van der Waals surface area contributed by atoms with Gasteiger partial charge in [-0.2, -0.15) is 0 Å². The average Bonchev–Trinajstić information content (AvgIpc) is 3.50. The first-order chi connectivity index (χ1) is 18.5. The van der Waals surface area contributed by atoms with E-state index in [9.17, 15) is 14.7 Å². The number of amides is 2. The van der Waals surface area contributed by atoms with Gasteiger partial charge in [0.2, 0.25) is 0 Å². The molecule has 0 radical (unpaired) electrons. The quantitative estimate of drug-likeness (QED) is 0.178. The number of likely N-dealkylation sites (N-methyl/N-ethyl adjacent to an activating group) is 1. The Hall–Kier alpha value is -3.82. The number of aromatic amines is 1. The third-order valence-corrected chi connectivity index (χ3v) is 7.53. The van der Waals surface area contributed by atoms with Crippen LogP contribution in [-0.2, 0) is 20.9 Å². The van der Waals surface area contributed by atoms with Crippen molar-refractivity contribution in [2.24, 2.45) is 0 Å². The Labute approximate surface area is 220 Å². The molecule has 2 amide bonds. The topological polar surface area (TPSA) is 117 Å². The van der Waals surface area contributed by atoms with Crippen LogP contribution in [0.15, 0.2) is 49.1 Å². The number of nitrogens with one attached hydrogen (secondary N) is 1. The first-order valence-corrected chi connectivity index (χ1v) is 13.3. The first kappa shape index (κ1) is 24.5. The van der Waals surface area contributed by atoms with Crippen LogP contribution in [0.1, 0.15) is 49.7 Å². The van der Waals surface area contributed by atoms with Crippen molar-refractivity contribution in [2.75, 3.05) is 13.7 Å². The molecule has 0 unspecified atom stereocenters. The maximum Gasteiger partial charge on any atom is 0.261 e. The zero-order chi connectivity index (χ0) is 26.2. The number of epoxide rings is 1. The van der Waals surface area contributed by atoms with Gasteiger partial charge < -0.3 is 19.4 Å². The summed E-state index contributed by atoms with van der Waals surface area (Å²) in [5, 5.41) is 12.4. The smallest absolute Gasteiger partial charge is 0.261 e. The molecule has 0 aromatic carbocycles. The number of aromatic nitrogens is 4. The number of unbranched alkanes of at least 4 members (excludes halogenated alkanes) is 3. The van der Waals surface area contributed by atoms with E-state index >= 15 is 0 Å². The van der Waals surface area contributed by atoms with Crippen molar-refractivity contribution >= 4 is 45.0 Å². The third kappa shape index (κ3) is 4.52. The van der Waals surface area contributed by atoms with Crippen LogP contribution in [-0.4, -0.2) is 67.2 Å². The number of nitrogens with zero attached hydrogens (tertiary/aromatic N) is 4. The van der Waals surface area contributed by atoms with Gasteiger partial charge in [0.25, 0.3) is 11.8 Å². The standard InChI is InChI=1S/C29H31N5O4/c1-33-28(36)24(22-14-32-26-20(22)10-6-12-30-26)25(29(33)37)23-16-34(27-21(23)11-7-13-31-27)15-18(35)8-4-2-3-5-9-19-17-38-19/h6-7,10-14,16,18-19,35H,2-5,8-9,15,17H2,1H3,(H,30,32)/t18-,19-/m1/s1. The fourth-order valence-electron chi connectivity index (χ4n) is 5.42. The van der Waals surface area contributed by atoms with Gasteiger partial charge in [-0.3, -0.25) is 14.5 Å². The fourth-order valence-corrected chi connectivity index (χ4v) is 5.42. The molecule has 4 aromatic rings. The Morgan fingerprint density at radius 1 is 1.03 bits per heavy atom. The van der Waals surface area contributed by atoms with Crippen molar-refractivity contribution in [3.63, 3.8) is 0 Å². The van der Waals surface area contributed by atoms with E-state index in [2.05, 4.69) is 15.0 Å². The zero-order valence-corrected chi connectivity index (χ0v) is 21.4. The Balaban J connectivity index is 1.30. The molecule has 9 heteroatoms. The highest BCUT2D eigenvalue weighted by Crippen LogP contribution is 2.40. The first-order valence-electron chi connectivity index (χ1n) is 13.3. The van der Waals surface area contributed by atoms with E-state index in [0.29, 0.717) is 52.6 Å². The number of rotatable bonds is 11. The van der Waals surface area contributed by atoms with Crippen molar-refractivity contribution in [2.45, 2.75) is 57.3 Å². The van der Waals surface area contributed by atoms with Crippen LogP contribution >= 0.6 is 0 Å². The van der Waals surface area contributed by atoms with Gasteiger partial charge in [-0.1, -0.05) is 25.7 Å². The summed E-state index contributed by atoms with van der Waals surface area (Å²) >= 11 is 0. The van der Waals surface area contributed by atoms with Crippen molar-refractivity contribution in [3.05, 3.63) is 60.2 Å². The highest BCUT2D eigenvalue weighted by Gasteiger charge is 2.39. The summed E-state index contributed by atoms with van der Waals surface area (Å²) in [6.45, 7) is 1.27. The zero-order valence-electron chi connectivity index (χ0n) is 21.4. The summed E-state index contributed by atoms with van der Waals surface area (Å²) in [4.78, 5) is 39.9. The van der Waals surface area contributed by atoms with E-state index in [1.54, 1.807) is 18.6 Å². The molecule has 6 heterocycles. The summed E-state index contributed by atoms with van der Waals surface area (Å²) in [5.41, 5.74) is 3.29. The SMILES string of the molecule is CN1C(=O)C(c2c[nH]c3ncccc23)=C(c2cn(C[C@H](O)CCCCCC[C@@H]3CO3)c3ncccc23)C1=O. The lowest BCUT2D eigenvalue weighted by atomic mass is 9.96. The van der Waals surface area contributed by atoms with Crippen LogP contribution in [0.5, 0.6) is 0 Å². The molecule has 0 aliphatic carbocycles. The molecule has 0 bridgehead atoms. The van der Waals surface area contributed by atoms with E-state index in [-0.39, 0.29) is 11.8 Å². The van der Waals surface area contributed by atoms with Crippen LogP contribution in [0.25, 0.3) is 33.2 Å². The van der Waals surface area contributed by atoms with Crippen molar-refractivity contribution in [3.8, 4) is 0 Å². The molecule has 1 fully saturated rings. The Morgan fingerprint density at radius 3 is 2.53 bits per heavy atom. The summed E-state index contributed by atoms with van der Waals surface area (Å²) in [5.74, 6) is -0.712. The molecule has 2 N–H and O–H groups in total. The van der Waals surface area contributed by atoms with Crippen LogP contribution in [0.4, 0.5) is 0 Å². The molecule has 2 aliphatic rings. The second kappa shape index (κ2) is 10.2. The minimum Gasteiger partial charge on any atom is -0.391 e. The predicted molar refractivity (Wildman–Crippen MR) is 144 cm³/mol. The molecule has 6 rings (SSSR count). The lowest BCUT2D eigenvalue weighted by Crippen LogP contribution is -2.26. The molecule has 38 heavy (non-hydrogen) atoms. The number of hydrogen-bond acceptors (Lipinski definition) is 6. The minimum absolute atomic E-state index is 0.341. The van der Waals surface area contributed by atoms with E-state index in [1.807, 2.05) is 35.0 Å². The van der Waals surface area contributed by atoms with Gasteiger partial charge in [0, 0.05) is 53.7 Å². The number of imide groups is 1. The molecule has 4 aromatic heterocycles. The Morgan fingerprint density at radius 2 is 1.74 bits per heavy atom. The molecular formula is C29H31N5O4. The van der Waals surface area contributed by atoms with E-state index in [0.717, 1.165) is 48.0 Å². The van der Waals surface area contributed by atoms with Crippen molar-refractivity contribution in [1.82, 2.24) is 24.4 Å². The number of pyridine rings is 2. The molecule has 2 atom stereocenters. The number of H-pyrrole nitrogens is 1. The molecule has 1 saturated heterocycles. The number of carbonyl (C=O) groups is 2. The number of aliphatic hydroxyl groups is 1. The normalized spacial score (nSPS) is 18.4. The third-order valence-electron chi connectivity index (χ3n) is 7.53. The van der Waals surface area contributed by atoms with E-state index in [1.165, 1.54) is 13.5 Å². The van der Waals surface area contributed by atoms with Gasteiger partial charge >= 0.3 is 0 Å². The summed E-state index contributed by atoms with van der Waals surface area (Å²) in [7, 11) is 1.50. The second-order valence-electron chi connectivity index (χ2n) is 10.2. The number of carbonyl (C=O) groups excluding carboxylic acids is 2. The van der Waals surface area contributed by atoms with Crippen molar-refractivity contribution < 1.29 is 19.4 Å². The highest BCUT2D eigenvalue weighted by atomic mass is 16.6. The van der Waals surface area contributed by atoms with Gasteiger partial charge in [-0.05, 0) is 37.1 Å². The largest absolute Gasteiger partial charge is 0.391 e. The molecule has 196 valence electrons. The molecule has 9 nitrogen and oxygen atoms in total. The monoisotopic (exact) mass is 513 g/mol. The van der Waals surface area contributed by atoms with Gasteiger partial charge in [0.15, 0.2) is 0 Å². The predicted octanol–water partition coefficient (Wildman–Crippen LogP) is 3.92. The summed E-state index contributed by atoms with van der Waals surface area (Å²) in [6, 6.07) is 7.42. The van der Waals surface area contributed by atoms with Gasteiger partial charge in [0.1, 0.15) is 11.3 Å². The summed E-state index contributed by atoms with van der Waals surface area (Å²) in [6.07, 6.45) is 13.1. The Kier molecular flexibility index (Phi) is 6.55. The van der Waals surface area contributed by atoms with Gasteiger partial charge in [-0.15, -0.1) is 0 Å². The number of ether oxygens (including phenoxy) is 1. The number of aliphatic hydroxyl groups excluding tert-OH is 1. The summed E-state index contributed by atoms with van der Waals surface area (Å²) < 4.78 is 7.16. The van der Waals surface area contributed by atoms with Crippen molar-refractivity contribution in [1.29, 1.82) is 0 Å². The van der Waals surface area contributed by atoms with Gasteiger partial charge in [0.05, 0.1) is 36.5 Å². The lowest BCUT2D eigenvalue weighted by molar-refractivity contribution is -0.134. The average molecular weight is 514 g/mol. The fraction of sp³-hybridized carbons (Fsp3) is 0.379. The maximum absolute atomic E-state index is 13.4. The highest BCUT2D eigenvalue weighted by molar-refractivity contribution is 6.50. The van der Waals surface area contributed by atoms with Crippen LogP contribution < -0.4 is 0 Å². The van der Waals surface area contributed by atoms with E-state index < -0.39 is 6.10 Å². The van der Waals surface area contributed by atoms with Crippen LogP contribution in [0.2, 0.25) is 0 Å². The Bertz CT molecular complexity index is 1550. The molecule has 0 saturated carbocycles. The molecular weight excluding hydrogens is 482 g/mol. The van der Waals surface area contributed by atoms with Crippen LogP contribution in [0.3, 0.4) is 0 Å². The van der Waals surface area contributed by atoms with Crippen LogP contribution in [0, 0.1) is 0 Å².